The van der Waals surface area contributed by atoms with Crippen molar-refractivity contribution in [2.24, 2.45) is 0 Å². The Balaban J connectivity index is 2.76. The Labute approximate surface area is 96.9 Å². The maximum atomic E-state index is 13.4. The third-order valence-corrected chi connectivity index (χ3v) is 2.18. The van der Waals surface area contributed by atoms with Gasteiger partial charge >= 0.3 is 5.97 Å². The van der Waals surface area contributed by atoms with Crippen LogP contribution in [-0.4, -0.2) is 29.3 Å². The summed E-state index contributed by atoms with van der Waals surface area (Å²) in [7, 11) is 0. The van der Waals surface area contributed by atoms with Crippen molar-refractivity contribution in [1.29, 1.82) is 0 Å². The zero-order valence-electron chi connectivity index (χ0n) is 9.04. The van der Waals surface area contributed by atoms with Crippen LogP contribution in [-0.2, 0) is 0 Å². The lowest BCUT2D eigenvalue weighted by Gasteiger charge is -2.09. The molecule has 1 aromatic rings. The molecule has 0 fully saturated rings. The summed E-state index contributed by atoms with van der Waals surface area (Å²) >= 11 is 0. The van der Waals surface area contributed by atoms with Crippen molar-refractivity contribution >= 4 is 11.7 Å². The summed E-state index contributed by atoms with van der Waals surface area (Å²) in [4.78, 5) is 10.5. The van der Waals surface area contributed by atoms with Crippen LogP contribution in [0.1, 0.15) is 23.2 Å². The van der Waals surface area contributed by atoms with Gasteiger partial charge in [0.25, 0.3) is 0 Å². The van der Waals surface area contributed by atoms with E-state index in [9.17, 15) is 13.6 Å². The maximum Gasteiger partial charge on any atom is 0.335 e. The van der Waals surface area contributed by atoms with E-state index in [1.807, 2.05) is 0 Å². The van der Waals surface area contributed by atoms with Crippen LogP contribution in [0.3, 0.4) is 0 Å². The van der Waals surface area contributed by atoms with Gasteiger partial charge in [-0.3, -0.25) is 0 Å². The molecule has 94 valence electrons. The minimum Gasteiger partial charge on any atom is -0.478 e. The van der Waals surface area contributed by atoms with Gasteiger partial charge in [-0.05, 0) is 25.0 Å². The maximum absolute atomic E-state index is 13.4. The smallest absolute Gasteiger partial charge is 0.335 e. The summed E-state index contributed by atoms with van der Waals surface area (Å²) in [6.07, 6.45) is 1.10. The Kier molecular flexibility index (Phi) is 4.84. The third kappa shape index (κ3) is 3.67. The highest BCUT2D eigenvalue weighted by Crippen LogP contribution is 2.20. The summed E-state index contributed by atoms with van der Waals surface area (Å²) in [5.41, 5.74) is -0.770. The first-order valence-electron chi connectivity index (χ1n) is 5.13. The Hall–Kier alpha value is -1.69. The first-order chi connectivity index (χ1) is 8.06. The lowest BCUT2D eigenvalue weighted by Crippen LogP contribution is -2.08. The van der Waals surface area contributed by atoms with E-state index in [2.05, 4.69) is 5.32 Å². The number of anilines is 1. The van der Waals surface area contributed by atoms with Crippen molar-refractivity contribution in [3.05, 3.63) is 29.3 Å². The molecule has 0 saturated heterocycles. The Morgan fingerprint density at radius 3 is 2.29 bits per heavy atom. The summed E-state index contributed by atoms with van der Waals surface area (Å²) in [6, 6.07) is 1.53. The van der Waals surface area contributed by atoms with E-state index in [1.165, 1.54) is 0 Å². The lowest BCUT2D eigenvalue weighted by molar-refractivity contribution is 0.0696. The number of unbranched alkanes of at least 4 members (excludes halogenated alkanes) is 1. The van der Waals surface area contributed by atoms with Gasteiger partial charge in [0.05, 0.1) is 5.56 Å². The van der Waals surface area contributed by atoms with E-state index in [1.54, 1.807) is 0 Å². The topological polar surface area (TPSA) is 69.6 Å². The minimum absolute atomic E-state index is 0.0184. The summed E-state index contributed by atoms with van der Waals surface area (Å²) < 4.78 is 26.7. The van der Waals surface area contributed by atoms with Gasteiger partial charge in [0, 0.05) is 13.2 Å². The minimum atomic E-state index is -1.38. The van der Waals surface area contributed by atoms with Gasteiger partial charge in [0.15, 0.2) is 0 Å². The number of nitrogens with one attached hydrogen (secondary N) is 1. The van der Waals surface area contributed by atoms with E-state index in [4.69, 9.17) is 10.2 Å². The Morgan fingerprint density at radius 2 is 1.82 bits per heavy atom. The van der Waals surface area contributed by atoms with Crippen LogP contribution in [0.25, 0.3) is 0 Å². The molecule has 1 rings (SSSR count). The molecule has 0 radical (unpaired) electrons. The largest absolute Gasteiger partial charge is 0.478 e. The van der Waals surface area contributed by atoms with E-state index in [-0.39, 0.29) is 12.3 Å². The molecule has 0 aliphatic rings. The molecule has 3 N–H and O–H groups in total. The van der Waals surface area contributed by atoms with Crippen LogP contribution in [0.15, 0.2) is 12.1 Å². The molecule has 0 bridgehead atoms. The van der Waals surface area contributed by atoms with Crippen LogP contribution < -0.4 is 5.32 Å². The fourth-order valence-corrected chi connectivity index (χ4v) is 1.32. The number of aliphatic hydroxyl groups excluding tert-OH is 1. The monoisotopic (exact) mass is 245 g/mol. The molecule has 0 atom stereocenters. The molecule has 4 nitrogen and oxygen atoms in total. The predicted octanol–water partition coefficient (Wildman–Crippen LogP) is 1.85. The number of carbonyl (C=O) groups is 1. The average molecular weight is 245 g/mol. The highest BCUT2D eigenvalue weighted by Gasteiger charge is 2.13. The van der Waals surface area contributed by atoms with Crippen molar-refractivity contribution in [3.8, 4) is 0 Å². The van der Waals surface area contributed by atoms with Gasteiger partial charge in [0.2, 0.25) is 0 Å². The molecule has 0 unspecified atom stereocenters. The van der Waals surface area contributed by atoms with Gasteiger partial charge in [-0.1, -0.05) is 0 Å². The zero-order valence-corrected chi connectivity index (χ0v) is 9.04. The summed E-state index contributed by atoms with van der Waals surface area (Å²) in [5, 5.41) is 19.6. The van der Waals surface area contributed by atoms with Crippen molar-refractivity contribution in [3.63, 3.8) is 0 Å². The fourth-order valence-electron chi connectivity index (χ4n) is 1.32. The van der Waals surface area contributed by atoms with Crippen molar-refractivity contribution in [1.82, 2.24) is 0 Å². The number of aromatic carboxylic acids is 1. The van der Waals surface area contributed by atoms with E-state index in [0.29, 0.717) is 19.4 Å². The molecule has 0 heterocycles. The molecule has 0 saturated carbocycles. The number of hydrogen-bond donors (Lipinski definition) is 3. The standard InChI is InChI=1S/C11H13F2NO3/c12-8-5-7(11(16)17)6-9(13)10(8)14-3-1-2-4-15/h5-6,14-15H,1-4H2,(H,16,17). The summed E-state index contributed by atoms with van der Waals surface area (Å²) in [6.45, 7) is 0.325. The SMILES string of the molecule is O=C(O)c1cc(F)c(NCCCCO)c(F)c1. The van der Waals surface area contributed by atoms with E-state index in [0.717, 1.165) is 12.1 Å². The molecular formula is C11H13F2NO3. The van der Waals surface area contributed by atoms with Gasteiger partial charge in [0.1, 0.15) is 17.3 Å². The van der Waals surface area contributed by atoms with Crippen LogP contribution >= 0.6 is 0 Å². The van der Waals surface area contributed by atoms with Crippen LogP contribution in [0.4, 0.5) is 14.5 Å². The Bertz CT molecular complexity index is 387. The molecule has 0 spiro atoms. The average Bonchev–Trinajstić information content (AvgIpc) is 2.26. The zero-order chi connectivity index (χ0) is 12.8. The van der Waals surface area contributed by atoms with Gasteiger partial charge in [-0.15, -0.1) is 0 Å². The van der Waals surface area contributed by atoms with Crippen LogP contribution in [0, 0.1) is 11.6 Å². The molecule has 17 heavy (non-hydrogen) atoms. The Morgan fingerprint density at radius 1 is 1.24 bits per heavy atom. The fraction of sp³-hybridized carbons (Fsp3) is 0.364. The third-order valence-electron chi connectivity index (χ3n) is 2.18. The predicted molar refractivity (Wildman–Crippen MR) is 58.1 cm³/mol. The number of carboxylic acids is 1. The molecule has 0 amide bonds. The second-order valence-electron chi connectivity index (χ2n) is 3.48. The number of aliphatic hydroxyl groups is 1. The van der Waals surface area contributed by atoms with E-state index < -0.39 is 23.2 Å². The van der Waals surface area contributed by atoms with Gasteiger partial charge < -0.3 is 15.5 Å². The second-order valence-corrected chi connectivity index (χ2v) is 3.48. The molecule has 1 aromatic carbocycles. The van der Waals surface area contributed by atoms with Crippen LogP contribution in [0.2, 0.25) is 0 Å². The van der Waals surface area contributed by atoms with Crippen LogP contribution in [0.5, 0.6) is 0 Å². The first kappa shape index (κ1) is 13.4. The van der Waals surface area contributed by atoms with Crippen molar-refractivity contribution in [2.75, 3.05) is 18.5 Å². The van der Waals surface area contributed by atoms with Crippen molar-refractivity contribution < 1.29 is 23.8 Å². The lowest BCUT2D eigenvalue weighted by atomic mass is 10.2. The molecule has 0 aromatic heterocycles. The normalized spacial score (nSPS) is 10.3. The number of hydrogen-bond acceptors (Lipinski definition) is 3. The number of carboxylic acid groups (broad SMARTS) is 1. The molecular weight excluding hydrogens is 232 g/mol. The quantitative estimate of drug-likeness (QED) is 0.669. The van der Waals surface area contributed by atoms with Crippen molar-refractivity contribution in [2.45, 2.75) is 12.8 Å². The van der Waals surface area contributed by atoms with Gasteiger partial charge in [-0.2, -0.15) is 0 Å². The number of rotatable bonds is 6. The molecule has 0 aliphatic carbocycles. The van der Waals surface area contributed by atoms with E-state index >= 15 is 0 Å². The second kappa shape index (κ2) is 6.15. The first-order valence-corrected chi connectivity index (χ1v) is 5.13. The molecule has 6 heteroatoms. The number of halogens is 2. The van der Waals surface area contributed by atoms with Gasteiger partial charge in [-0.25, -0.2) is 13.6 Å². The highest BCUT2D eigenvalue weighted by molar-refractivity contribution is 5.88. The highest BCUT2D eigenvalue weighted by atomic mass is 19.1. The number of benzene rings is 1. The molecule has 0 aliphatic heterocycles. The summed E-state index contributed by atoms with van der Waals surface area (Å²) in [5.74, 6) is -3.26.